The first-order valence-electron chi connectivity index (χ1n) is 6.95. The summed E-state index contributed by atoms with van der Waals surface area (Å²) in [7, 11) is 0. The van der Waals surface area contributed by atoms with Crippen molar-refractivity contribution in [3.63, 3.8) is 0 Å². The summed E-state index contributed by atoms with van der Waals surface area (Å²) in [6.07, 6.45) is 5.46. The van der Waals surface area contributed by atoms with Gasteiger partial charge in [0.05, 0.1) is 6.10 Å². The van der Waals surface area contributed by atoms with Gasteiger partial charge in [0.1, 0.15) is 11.4 Å². The molecular weight excluding hydrogens is 273 g/mol. The van der Waals surface area contributed by atoms with Crippen molar-refractivity contribution in [3.05, 3.63) is 24.0 Å². The van der Waals surface area contributed by atoms with Gasteiger partial charge in [-0.1, -0.05) is 12.5 Å². The Morgan fingerprint density at radius 3 is 2.52 bits per heavy atom. The average molecular weight is 293 g/mol. The molecule has 1 saturated carbocycles. The Hall–Kier alpha value is -2.31. The van der Waals surface area contributed by atoms with Crippen LogP contribution in [0.3, 0.4) is 0 Å². The van der Waals surface area contributed by atoms with Crippen molar-refractivity contribution in [1.29, 1.82) is 0 Å². The van der Waals surface area contributed by atoms with Gasteiger partial charge in [0.25, 0.3) is 0 Å². The highest BCUT2D eigenvalue weighted by atomic mass is 19.1. The number of hydrogen-bond acceptors (Lipinski definition) is 2. The summed E-state index contributed by atoms with van der Waals surface area (Å²) >= 11 is 0. The van der Waals surface area contributed by atoms with E-state index in [0.29, 0.717) is 5.75 Å². The molecule has 0 bridgehead atoms. The normalized spacial score (nSPS) is 16.5. The predicted octanol–water partition coefficient (Wildman–Crippen LogP) is 1.76. The minimum atomic E-state index is -0.531. The quantitative estimate of drug-likeness (QED) is 0.582. The molecule has 1 aromatic rings. The molecule has 114 valence electrons. The second-order valence-corrected chi connectivity index (χ2v) is 4.97. The number of para-hydroxylation sites is 1. The van der Waals surface area contributed by atoms with Crippen LogP contribution in [0.15, 0.2) is 28.2 Å². The van der Waals surface area contributed by atoms with E-state index < -0.39 is 5.82 Å². The van der Waals surface area contributed by atoms with E-state index in [9.17, 15) is 4.39 Å². The fourth-order valence-corrected chi connectivity index (χ4v) is 2.33. The van der Waals surface area contributed by atoms with E-state index in [0.717, 1.165) is 25.7 Å². The van der Waals surface area contributed by atoms with Crippen molar-refractivity contribution in [2.45, 2.75) is 38.2 Å². The van der Waals surface area contributed by atoms with Gasteiger partial charge in [-0.2, -0.15) is 4.99 Å². The summed E-state index contributed by atoms with van der Waals surface area (Å²) in [6.45, 7) is 0. The standard InChI is InChI=1S/C14H20FN5O/c15-10-7-4-8-11(21-9-5-2-1-3-6-9)12(10)19-14(18)20-13(16)17/h4,7-9H,1-3,5-6H2,(H6,16,17,18,19,20). The molecule has 2 rings (SSSR count). The number of hydrogen-bond donors (Lipinski definition) is 3. The molecule has 0 heterocycles. The molecule has 1 aliphatic rings. The number of halogens is 1. The van der Waals surface area contributed by atoms with Crippen LogP contribution >= 0.6 is 0 Å². The first-order chi connectivity index (χ1) is 10.1. The van der Waals surface area contributed by atoms with Gasteiger partial charge in [-0.3, -0.25) is 0 Å². The fraction of sp³-hybridized carbons (Fsp3) is 0.429. The number of benzene rings is 1. The van der Waals surface area contributed by atoms with Crippen LogP contribution in [0.4, 0.5) is 10.1 Å². The van der Waals surface area contributed by atoms with E-state index >= 15 is 0 Å². The number of nitrogens with two attached hydrogens (primary N) is 3. The van der Waals surface area contributed by atoms with Crippen LogP contribution in [-0.2, 0) is 0 Å². The zero-order valence-corrected chi connectivity index (χ0v) is 11.8. The van der Waals surface area contributed by atoms with Gasteiger partial charge in [-0.15, -0.1) is 0 Å². The fourth-order valence-electron chi connectivity index (χ4n) is 2.33. The number of guanidine groups is 2. The van der Waals surface area contributed by atoms with Crippen LogP contribution in [0, 0.1) is 5.82 Å². The topological polar surface area (TPSA) is 112 Å². The molecule has 1 aliphatic carbocycles. The Morgan fingerprint density at radius 2 is 1.86 bits per heavy atom. The third-order valence-electron chi connectivity index (χ3n) is 3.27. The Morgan fingerprint density at radius 1 is 1.14 bits per heavy atom. The number of ether oxygens (including phenoxy) is 1. The highest BCUT2D eigenvalue weighted by molar-refractivity contribution is 5.93. The molecule has 0 unspecified atom stereocenters. The van der Waals surface area contributed by atoms with Gasteiger partial charge in [-0.25, -0.2) is 9.38 Å². The third kappa shape index (κ3) is 4.34. The predicted molar refractivity (Wildman–Crippen MR) is 81.0 cm³/mol. The van der Waals surface area contributed by atoms with Gasteiger partial charge >= 0.3 is 0 Å². The maximum atomic E-state index is 13.9. The second kappa shape index (κ2) is 6.92. The first-order valence-corrected chi connectivity index (χ1v) is 6.95. The molecule has 0 atom stereocenters. The van der Waals surface area contributed by atoms with Crippen molar-refractivity contribution in [2.24, 2.45) is 27.2 Å². The minimum absolute atomic E-state index is 0.0190. The molecule has 0 radical (unpaired) electrons. The minimum Gasteiger partial charge on any atom is -0.488 e. The smallest absolute Gasteiger partial charge is 0.224 e. The first kappa shape index (κ1) is 15.1. The SMILES string of the molecule is NC(N)=NC(N)=Nc1c(F)cccc1OC1CCCCC1. The van der Waals surface area contributed by atoms with Crippen molar-refractivity contribution >= 4 is 17.6 Å². The summed E-state index contributed by atoms with van der Waals surface area (Å²) < 4.78 is 19.8. The Labute approximate surface area is 122 Å². The molecule has 1 fully saturated rings. The Balaban J connectivity index is 2.25. The maximum absolute atomic E-state index is 13.9. The molecule has 0 spiro atoms. The van der Waals surface area contributed by atoms with Crippen LogP contribution in [0.1, 0.15) is 32.1 Å². The van der Waals surface area contributed by atoms with Crippen LogP contribution in [0.25, 0.3) is 0 Å². The van der Waals surface area contributed by atoms with Crippen molar-refractivity contribution < 1.29 is 9.13 Å². The second-order valence-electron chi connectivity index (χ2n) is 4.97. The van der Waals surface area contributed by atoms with E-state index in [1.807, 2.05) is 0 Å². The molecule has 0 saturated heterocycles. The molecule has 0 amide bonds. The van der Waals surface area contributed by atoms with Crippen LogP contribution < -0.4 is 21.9 Å². The molecule has 21 heavy (non-hydrogen) atoms. The van der Waals surface area contributed by atoms with E-state index in [2.05, 4.69) is 9.98 Å². The molecule has 0 aromatic heterocycles. The third-order valence-corrected chi connectivity index (χ3v) is 3.27. The lowest BCUT2D eigenvalue weighted by Crippen LogP contribution is -2.26. The van der Waals surface area contributed by atoms with Gasteiger partial charge in [0.15, 0.2) is 11.8 Å². The molecule has 0 aliphatic heterocycles. The highest BCUT2D eigenvalue weighted by Crippen LogP contribution is 2.33. The van der Waals surface area contributed by atoms with E-state index in [-0.39, 0.29) is 23.7 Å². The van der Waals surface area contributed by atoms with Gasteiger partial charge < -0.3 is 21.9 Å². The number of rotatable bonds is 3. The summed E-state index contributed by atoms with van der Waals surface area (Å²) in [5.41, 5.74) is 16.0. The monoisotopic (exact) mass is 293 g/mol. The lowest BCUT2D eigenvalue weighted by Gasteiger charge is -2.23. The number of aliphatic imine (C=N–C) groups is 2. The largest absolute Gasteiger partial charge is 0.488 e. The van der Waals surface area contributed by atoms with Crippen molar-refractivity contribution in [2.75, 3.05) is 0 Å². The van der Waals surface area contributed by atoms with Gasteiger partial charge in [-0.05, 0) is 37.8 Å². The van der Waals surface area contributed by atoms with Crippen LogP contribution in [-0.4, -0.2) is 18.0 Å². The van der Waals surface area contributed by atoms with E-state index in [1.54, 1.807) is 12.1 Å². The summed E-state index contributed by atoms with van der Waals surface area (Å²) in [4.78, 5) is 7.49. The lowest BCUT2D eigenvalue weighted by molar-refractivity contribution is 0.155. The van der Waals surface area contributed by atoms with Gasteiger partial charge in [0.2, 0.25) is 5.96 Å². The Bertz CT molecular complexity index is 548. The van der Waals surface area contributed by atoms with Crippen molar-refractivity contribution in [1.82, 2.24) is 0 Å². The summed E-state index contributed by atoms with van der Waals surface area (Å²) in [6, 6.07) is 4.53. The molecule has 6 N–H and O–H groups in total. The molecule has 7 heteroatoms. The molecule has 6 nitrogen and oxygen atoms in total. The average Bonchev–Trinajstić information content (AvgIpc) is 2.43. The van der Waals surface area contributed by atoms with E-state index in [4.69, 9.17) is 21.9 Å². The molecule has 1 aromatic carbocycles. The maximum Gasteiger partial charge on any atom is 0.224 e. The van der Waals surface area contributed by atoms with E-state index in [1.165, 1.54) is 12.5 Å². The zero-order valence-electron chi connectivity index (χ0n) is 11.8. The lowest BCUT2D eigenvalue weighted by atomic mass is 9.98. The van der Waals surface area contributed by atoms with Crippen LogP contribution in [0.5, 0.6) is 5.75 Å². The summed E-state index contributed by atoms with van der Waals surface area (Å²) in [5, 5.41) is 0. The Kier molecular flexibility index (Phi) is 4.97. The van der Waals surface area contributed by atoms with Gasteiger partial charge in [0, 0.05) is 0 Å². The zero-order chi connectivity index (χ0) is 15.2. The number of nitrogens with zero attached hydrogens (tertiary/aromatic N) is 2. The highest BCUT2D eigenvalue weighted by Gasteiger charge is 2.18. The molecular formula is C14H20FN5O. The summed E-state index contributed by atoms with van der Waals surface area (Å²) in [5.74, 6) is -0.622. The van der Waals surface area contributed by atoms with Crippen LogP contribution in [0.2, 0.25) is 0 Å². The van der Waals surface area contributed by atoms with Crippen molar-refractivity contribution in [3.8, 4) is 5.75 Å².